The molecule has 0 aliphatic carbocycles. The normalized spacial score (nSPS) is 10.6. The van der Waals surface area contributed by atoms with E-state index in [1.165, 1.54) is 0 Å². The zero-order valence-corrected chi connectivity index (χ0v) is 10.8. The van der Waals surface area contributed by atoms with Gasteiger partial charge in [-0.2, -0.15) is 0 Å². The van der Waals surface area contributed by atoms with Crippen LogP contribution in [-0.4, -0.2) is 28.3 Å². The summed E-state index contributed by atoms with van der Waals surface area (Å²) in [5.41, 5.74) is 1.95. The number of rotatable bonds is 6. The first-order valence-electron chi connectivity index (χ1n) is 6.00. The van der Waals surface area contributed by atoms with Gasteiger partial charge in [0.15, 0.2) is 0 Å². The van der Waals surface area contributed by atoms with Crippen molar-refractivity contribution in [3.05, 3.63) is 36.4 Å². The molecule has 2 aromatic rings. The lowest BCUT2D eigenvalue weighted by Crippen LogP contribution is -2.06. The average Bonchev–Trinajstić information content (AvgIpc) is 2.80. The third kappa shape index (κ3) is 3.07. The second kappa shape index (κ2) is 6.16. The summed E-state index contributed by atoms with van der Waals surface area (Å²) in [5, 5.41) is 3.30. The van der Waals surface area contributed by atoms with Crippen LogP contribution in [0.4, 0.5) is 11.6 Å². The molecule has 1 N–H and O–H groups in total. The standard InChI is InChI=1S/C13H18N4O/c1-11-12(5-3-6-14-11)16-13-15-7-9-17(13)8-4-10-18-2/h3,5-7,9H,4,8,10H2,1-2H3,(H,15,16). The van der Waals surface area contributed by atoms with Crippen LogP contribution in [0.25, 0.3) is 0 Å². The van der Waals surface area contributed by atoms with Crippen molar-refractivity contribution in [3.8, 4) is 0 Å². The maximum atomic E-state index is 5.05. The van der Waals surface area contributed by atoms with E-state index in [2.05, 4.69) is 19.9 Å². The highest BCUT2D eigenvalue weighted by atomic mass is 16.5. The summed E-state index contributed by atoms with van der Waals surface area (Å²) in [5.74, 6) is 0.835. The van der Waals surface area contributed by atoms with Gasteiger partial charge in [0.1, 0.15) is 0 Å². The number of hydrogen-bond acceptors (Lipinski definition) is 4. The van der Waals surface area contributed by atoms with Crippen LogP contribution in [0.1, 0.15) is 12.1 Å². The van der Waals surface area contributed by atoms with Crippen LogP contribution in [0.2, 0.25) is 0 Å². The zero-order chi connectivity index (χ0) is 12.8. The molecule has 2 rings (SSSR count). The Hall–Kier alpha value is -1.88. The van der Waals surface area contributed by atoms with Crippen LogP contribution in [-0.2, 0) is 11.3 Å². The lowest BCUT2D eigenvalue weighted by atomic mass is 10.3. The Kier molecular flexibility index (Phi) is 4.30. The summed E-state index contributed by atoms with van der Waals surface area (Å²) in [6.07, 6.45) is 6.50. The van der Waals surface area contributed by atoms with Gasteiger partial charge < -0.3 is 14.6 Å². The van der Waals surface area contributed by atoms with Crippen LogP contribution < -0.4 is 5.32 Å². The van der Waals surface area contributed by atoms with Gasteiger partial charge in [-0.25, -0.2) is 4.98 Å². The van der Waals surface area contributed by atoms with Crippen molar-refractivity contribution in [2.24, 2.45) is 0 Å². The van der Waals surface area contributed by atoms with Crippen LogP contribution in [0.3, 0.4) is 0 Å². The van der Waals surface area contributed by atoms with Crippen molar-refractivity contribution < 1.29 is 4.74 Å². The number of nitrogens with zero attached hydrogens (tertiary/aromatic N) is 3. The number of aryl methyl sites for hydroxylation is 2. The van der Waals surface area contributed by atoms with E-state index in [1.807, 2.05) is 25.3 Å². The first-order chi connectivity index (χ1) is 8.81. The molecule has 0 fully saturated rings. The van der Waals surface area contributed by atoms with E-state index >= 15 is 0 Å². The summed E-state index contributed by atoms with van der Waals surface area (Å²) < 4.78 is 7.13. The first-order valence-corrected chi connectivity index (χ1v) is 6.00. The van der Waals surface area contributed by atoms with Gasteiger partial charge in [0, 0.05) is 38.9 Å². The minimum Gasteiger partial charge on any atom is -0.385 e. The molecule has 18 heavy (non-hydrogen) atoms. The van der Waals surface area contributed by atoms with Crippen LogP contribution in [0.5, 0.6) is 0 Å². The van der Waals surface area contributed by atoms with Gasteiger partial charge in [-0.05, 0) is 25.5 Å². The number of pyridine rings is 1. The van der Waals surface area contributed by atoms with Gasteiger partial charge >= 0.3 is 0 Å². The fourth-order valence-electron chi connectivity index (χ4n) is 1.73. The van der Waals surface area contributed by atoms with Gasteiger partial charge in [0.2, 0.25) is 5.95 Å². The van der Waals surface area contributed by atoms with Crippen LogP contribution >= 0.6 is 0 Å². The molecule has 5 heteroatoms. The Labute approximate surface area is 107 Å². The second-order valence-corrected chi connectivity index (χ2v) is 4.05. The molecule has 0 amide bonds. The molecule has 0 atom stereocenters. The van der Waals surface area contributed by atoms with Crippen LogP contribution in [0, 0.1) is 6.92 Å². The molecule has 0 aromatic carbocycles. The number of aromatic nitrogens is 3. The summed E-state index contributed by atoms with van der Waals surface area (Å²) in [6.45, 7) is 3.61. The Morgan fingerprint density at radius 3 is 3.00 bits per heavy atom. The molecule has 0 unspecified atom stereocenters. The molecule has 0 aliphatic rings. The van der Waals surface area contributed by atoms with E-state index in [-0.39, 0.29) is 0 Å². The number of anilines is 2. The van der Waals surface area contributed by atoms with Gasteiger partial charge in [0.05, 0.1) is 11.4 Å². The Morgan fingerprint density at radius 1 is 1.33 bits per heavy atom. The number of hydrogen-bond donors (Lipinski definition) is 1. The van der Waals surface area contributed by atoms with Crippen molar-refractivity contribution in [2.75, 3.05) is 19.0 Å². The highest BCUT2D eigenvalue weighted by Gasteiger charge is 2.04. The molecule has 0 bridgehead atoms. The largest absolute Gasteiger partial charge is 0.385 e. The maximum absolute atomic E-state index is 5.05. The molecule has 2 heterocycles. The third-order valence-electron chi connectivity index (χ3n) is 2.72. The number of imidazole rings is 1. The van der Waals surface area contributed by atoms with Gasteiger partial charge in [-0.1, -0.05) is 0 Å². The zero-order valence-electron chi connectivity index (χ0n) is 10.8. The minimum absolute atomic E-state index is 0.754. The van der Waals surface area contributed by atoms with E-state index in [9.17, 15) is 0 Å². The van der Waals surface area contributed by atoms with Crippen molar-refractivity contribution in [3.63, 3.8) is 0 Å². The average molecular weight is 246 g/mol. The van der Waals surface area contributed by atoms with Crippen molar-refractivity contribution >= 4 is 11.6 Å². The molecule has 0 saturated carbocycles. The van der Waals surface area contributed by atoms with Gasteiger partial charge in [-0.3, -0.25) is 4.98 Å². The molecular formula is C13H18N4O. The molecule has 0 spiro atoms. The molecule has 0 saturated heterocycles. The summed E-state index contributed by atoms with van der Waals surface area (Å²) in [7, 11) is 1.71. The molecule has 5 nitrogen and oxygen atoms in total. The van der Waals surface area contributed by atoms with E-state index in [0.717, 1.165) is 36.9 Å². The number of ether oxygens (including phenoxy) is 1. The topological polar surface area (TPSA) is 52.0 Å². The smallest absolute Gasteiger partial charge is 0.207 e. The fourth-order valence-corrected chi connectivity index (χ4v) is 1.73. The first kappa shape index (κ1) is 12.6. The van der Waals surface area contributed by atoms with E-state index < -0.39 is 0 Å². The lowest BCUT2D eigenvalue weighted by molar-refractivity contribution is 0.190. The van der Waals surface area contributed by atoms with Crippen molar-refractivity contribution in [2.45, 2.75) is 19.9 Å². The van der Waals surface area contributed by atoms with Gasteiger partial charge in [-0.15, -0.1) is 0 Å². The Bertz CT molecular complexity index is 495. The number of nitrogens with one attached hydrogen (secondary N) is 1. The van der Waals surface area contributed by atoms with E-state index in [1.54, 1.807) is 19.5 Å². The molecule has 96 valence electrons. The minimum atomic E-state index is 0.754. The molecule has 0 radical (unpaired) electrons. The highest BCUT2D eigenvalue weighted by Crippen LogP contribution is 2.17. The monoisotopic (exact) mass is 246 g/mol. The quantitative estimate of drug-likeness (QED) is 0.795. The lowest BCUT2D eigenvalue weighted by Gasteiger charge is -2.10. The molecular weight excluding hydrogens is 228 g/mol. The van der Waals surface area contributed by atoms with E-state index in [4.69, 9.17) is 4.74 Å². The SMILES string of the molecule is COCCCn1ccnc1Nc1cccnc1C. The third-order valence-corrected chi connectivity index (χ3v) is 2.72. The summed E-state index contributed by atoms with van der Waals surface area (Å²) in [6, 6.07) is 3.91. The molecule has 0 aliphatic heterocycles. The predicted octanol–water partition coefficient (Wildman–Crippen LogP) is 2.37. The highest BCUT2D eigenvalue weighted by molar-refractivity contribution is 5.55. The molecule has 2 aromatic heterocycles. The van der Waals surface area contributed by atoms with Crippen molar-refractivity contribution in [1.82, 2.24) is 14.5 Å². The Morgan fingerprint density at radius 2 is 2.22 bits per heavy atom. The fraction of sp³-hybridized carbons (Fsp3) is 0.385. The van der Waals surface area contributed by atoms with Crippen LogP contribution in [0.15, 0.2) is 30.7 Å². The predicted molar refractivity (Wildman–Crippen MR) is 71.0 cm³/mol. The second-order valence-electron chi connectivity index (χ2n) is 4.05. The summed E-state index contributed by atoms with van der Waals surface area (Å²) in [4.78, 5) is 8.56. The number of methoxy groups -OCH3 is 1. The van der Waals surface area contributed by atoms with Gasteiger partial charge in [0.25, 0.3) is 0 Å². The maximum Gasteiger partial charge on any atom is 0.207 e. The van der Waals surface area contributed by atoms with Crippen molar-refractivity contribution in [1.29, 1.82) is 0 Å². The van der Waals surface area contributed by atoms with E-state index in [0.29, 0.717) is 0 Å². The Balaban J connectivity index is 2.05. The summed E-state index contributed by atoms with van der Waals surface area (Å²) >= 11 is 0.